The summed E-state index contributed by atoms with van der Waals surface area (Å²) < 4.78 is 0. The molecule has 3 aromatic rings. The fourth-order valence-corrected chi connectivity index (χ4v) is 4.74. The van der Waals surface area contributed by atoms with Gasteiger partial charge in [-0.05, 0) is 48.6 Å². The molecule has 2 aromatic carbocycles. The second kappa shape index (κ2) is 8.20. The minimum absolute atomic E-state index is 0.0125. The summed E-state index contributed by atoms with van der Waals surface area (Å²) in [5.74, 6) is 6.95. The van der Waals surface area contributed by atoms with Gasteiger partial charge in [-0.25, -0.2) is 0 Å². The molecule has 28 heavy (non-hydrogen) atoms. The van der Waals surface area contributed by atoms with Gasteiger partial charge in [-0.2, -0.15) is 11.3 Å². The minimum atomic E-state index is -0.695. The summed E-state index contributed by atoms with van der Waals surface area (Å²) in [5.41, 5.74) is 1.16. The van der Waals surface area contributed by atoms with Crippen LogP contribution in [0.25, 0.3) is 10.8 Å². The molecular formula is C25H25NOS. The van der Waals surface area contributed by atoms with E-state index in [2.05, 4.69) is 35.4 Å². The normalized spacial score (nSPS) is 16.8. The van der Waals surface area contributed by atoms with Crippen LogP contribution in [0.2, 0.25) is 0 Å². The standard InChI is InChI=1S/C25H25NOS/c1-25(21-10-3-2-4-11-21,16-14-19-15-17-28-18-19)24(27)26-23-13-7-9-20-8-5-6-12-22(20)23/h5-9,12-13,15,17-18,21H,2-4,10-11H2,1H3,(H,26,27)/t25-/m1/s1. The number of hydrogen-bond donors (Lipinski definition) is 1. The van der Waals surface area contributed by atoms with Gasteiger partial charge < -0.3 is 5.32 Å². The number of thiophene rings is 1. The van der Waals surface area contributed by atoms with Gasteiger partial charge in [0.05, 0.1) is 0 Å². The molecule has 1 heterocycles. The molecule has 1 N–H and O–H groups in total. The van der Waals surface area contributed by atoms with Crippen molar-refractivity contribution in [3.05, 3.63) is 64.9 Å². The maximum Gasteiger partial charge on any atom is 0.242 e. The fourth-order valence-electron chi connectivity index (χ4n) is 4.15. The fraction of sp³-hybridized carbons (Fsp3) is 0.320. The van der Waals surface area contributed by atoms with E-state index in [1.807, 2.05) is 48.0 Å². The van der Waals surface area contributed by atoms with E-state index in [1.54, 1.807) is 11.3 Å². The molecule has 0 aliphatic heterocycles. The number of fused-ring (bicyclic) bond motifs is 1. The number of amides is 1. The van der Waals surface area contributed by atoms with Crippen LogP contribution in [0, 0.1) is 23.2 Å². The first kappa shape index (κ1) is 18.8. The summed E-state index contributed by atoms with van der Waals surface area (Å²) in [6, 6.07) is 16.2. The number of benzene rings is 2. The Morgan fingerprint density at radius 2 is 1.86 bits per heavy atom. The maximum atomic E-state index is 13.5. The summed E-state index contributed by atoms with van der Waals surface area (Å²) in [6.45, 7) is 2.03. The lowest BCUT2D eigenvalue weighted by Crippen LogP contribution is -2.40. The van der Waals surface area contributed by atoms with Gasteiger partial charge in [-0.3, -0.25) is 4.79 Å². The number of anilines is 1. The quantitative estimate of drug-likeness (QED) is 0.512. The maximum absolute atomic E-state index is 13.5. The summed E-state index contributed by atoms with van der Waals surface area (Å²) in [5, 5.41) is 9.47. The van der Waals surface area contributed by atoms with E-state index in [9.17, 15) is 4.79 Å². The van der Waals surface area contributed by atoms with Crippen LogP contribution in [0.3, 0.4) is 0 Å². The predicted octanol–water partition coefficient (Wildman–Crippen LogP) is 6.48. The molecule has 1 amide bonds. The molecule has 1 aliphatic carbocycles. The Morgan fingerprint density at radius 1 is 1.07 bits per heavy atom. The van der Waals surface area contributed by atoms with Crippen molar-refractivity contribution < 1.29 is 4.79 Å². The lowest BCUT2D eigenvalue weighted by Gasteiger charge is -2.35. The van der Waals surface area contributed by atoms with E-state index in [0.29, 0.717) is 5.92 Å². The number of rotatable bonds is 3. The number of nitrogens with one attached hydrogen (secondary N) is 1. The van der Waals surface area contributed by atoms with Crippen molar-refractivity contribution in [3.63, 3.8) is 0 Å². The van der Waals surface area contributed by atoms with Crippen molar-refractivity contribution in [1.29, 1.82) is 0 Å². The Hall–Kier alpha value is -2.57. The van der Waals surface area contributed by atoms with Crippen LogP contribution in [-0.4, -0.2) is 5.91 Å². The van der Waals surface area contributed by atoms with Crippen molar-refractivity contribution >= 4 is 33.7 Å². The van der Waals surface area contributed by atoms with Crippen LogP contribution in [0.15, 0.2) is 59.3 Å². The van der Waals surface area contributed by atoms with Crippen molar-refractivity contribution in [2.45, 2.75) is 39.0 Å². The molecule has 0 spiro atoms. The van der Waals surface area contributed by atoms with Gasteiger partial charge in [0.25, 0.3) is 0 Å². The molecule has 0 bridgehead atoms. The first-order valence-electron chi connectivity index (χ1n) is 10.0. The number of hydrogen-bond acceptors (Lipinski definition) is 2. The van der Waals surface area contributed by atoms with Crippen LogP contribution >= 0.6 is 11.3 Å². The third kappa shape index (κ3) is 3.84. The van der Waals surface area contributed by atoms with Crippen LogP contribution in [0.4, 0.5) is 5.69 Å². The summed E-state index contributed by atoms with van der Waals surface area (Å²) in [4.78, 5) is 13.5. The SMILES string of the molecule is C[C@](C#Cc1ccsc1)(C(=O)Nc1cccc2ccccc12)C1CCCCC1. The molecule has 4 rings (SSSR count). The van der Waals surface area contributed by atoms with Crippen molar-refractivity contribution in [2.75, 3.05) is 5.32 Å². The van der Waals surface area contributed by atoms with Crippen LogP contribution < -0.4 is 5.32 Å². The summed E-state index contributed by atoms with van der Waals surface area (Å²) in [6.07, 6.45) is 5.76. The second-order valence-corrected chi connectivity index (χ2v) is 8.56. The molecule has 3 heteroatoms. The molecule has 0 unspecified atom stereocenters. The van der Waals surface area contributed by atoms with Crippen LogP contribution in [0.1, 0.15) is 44.6 Å². The smallest absolute Gasteiger partial charge is 0.242 e. The van der Waals surface area contributed by atoms with Gasteiger partial charge in [0.2, 0.25) is 5.91 Å². The number of carbonyl (C=O) groups is 1. The van der Waals surface area contributed by atoms with Gasteiger partial charge in [-0.15, -0.1) is 0 Å². The lowest BCUT2D eigenvalue weighted by atomic mass is 9.69. The molecule has 1 aromatic heterocycles. The van der Waals surface area contributed by atoms with Gasteiger partial charge in [0.1, 0.15) is 5.41 Å². The highest BCUT2D eigenvalue weighted by Crippen LogP contribution is 2.39. The van der Waals surface area contributed by atoms with Crippen LogP contribution in [0.5, 0.6) is 0 Å². The summed E-state index contributed by atoms with van der Waals surface area (Å²) in [7, 11) is 0. The zero-order chi connectivity index (χ0) is 19.4. The Labute approximate surface area is 171 Å². The Bertz CT molecular complexity index is 1020. The molecule has 1 saturated carbocycles. The summed E-state index contributed by atoms with van der Waals surface area (Å²) >= 11 is 1.64. The Balaban J connectivity index is 1.68. The van der Waals surface area contributed by atoms with E-state index in [-0.39, 0.29) is 5.91 Å². The van der Waals surface area contributed by atoms with E-state index in [1.165, 1.54) is 19.3 Å². The third-order valence-corrected chi connectivity index (χ3v) is 6.60. The van der Waals surface area contributed by atoms with Crippen LogP contribution in [-0.2, 0) is 4.79 Å². The van der Waals surface area contributed by atoms with Crippen molar-refractivity contribution in [3.8, 4) is 11.8 Å². The second-order valence-electron chi connectivity index (χ2n) is 7.78. The van der Waals surface area contributed by atoms with E-state index in [0.717, 1.165) is 34.9 Å². The van der Waals surface area contributed by atoms with E-state index in [4.69, 9.17) is 0 Å². The first-order chi connectivity index (χ1) is 13.7. The monoisotopic (exact) mass is 387 g/mol. The highest BCUT2D eigenvalue weighted by Gasteiger charge is 2.40. The molecule has 0 radical (unpaired) electrons. The molecule has 142 valence electrons. The van der Waals surface area contributed by atoms with Gasteiger partial charge >= 0.3 is 0 Å². The third-order valence-electron chi connectivity index (χ3n) is 5.92. The van der Waals surface area contributed by atoms with E-state index >= 15 is 0 Å². The van der Waals surface area contributed by atoms with E-state index < -0.39 is 5.41 Å². The van der Waals surface area contributed by atoms with Gasteiger partial charge in [0.15, 0.2) is 0 Å². The zero-order valence-corrected chi connectivity index (χ0v) is 17.0. The average Bonchev–Trinajstić information content (AvgIpc) is 3.26. The number of carbonyl (C=O) groups excluding carboxylic acids is 1. The largest absolute Gasteiger partial charge is 0.324 e. The van der Waals surface area contributed by atoms with Crippen molar-refractivity contribution in [2.24, 2.45) is 11.3 Å². The molecular weight excluding hydrogens is 362 g/mol. The van der Waals surface area contributed by atoms with Gasteiger partial charge in [-0.1, -0.05) is 67.5 Å². The average molecular weight is 388 g/mol. The molecule has 1 atom stereocenters. The zero-order valence-electron chi connectivity index (χ0n) is 16.2. The highest BCUT2D eigenvalue weighted by molar-refractivity contribution is 7.08. The van der Waals surface area contributed by atoms with Crippen molar-refractivity contribution in [1.82, 2.24) is 0 Å². The highest BCUT2D eigenvalue weighted by atomic mass is 32.1. The van der Waals surface area contributed by atoms with Gasteiger partial charge in [0, 0.05) is 22.0 Å². The first-order valence-corrected chi connectivity index (χ1v) is 11.0. The molecule has 1 fully saturated rings. The predicted molar refractivity (Wildman–Crippen MR) is 118 cm³/mol. The Kier molecular flexibility index (Phi) is 5.50. The lowest BCUT2D eigenvalue weighted by molar-refractivity contribution is -0.124. The minimum Gasteiger partial charge on any atom is -0.324 e. The topological polar surface area (TPSA) is 29.1 Å². The molecule has 0 saturated heterocycles. The Morgan fingerprint density at radius 3 is 2.64 bits per heavy atom. The molecule has 1 aliphatic rings. The molecule has 2 nitrogen and oxygen atoms in total.